The molecular weight excluding hydrogens is 346 g/mol. The molecule has 6 nitrogen and oxygen atoms in total. The fourth-order valence-electron chi connectivity index (χ4n) is 2.80. The Morgan fingerprint density at radius 2 is 1.96 bits per heavy atom. The van der Waals surface area contributed by atoms with Gasteiger partial charge in [0.25, 0.3) is 5.56 Å². The van der Waals surface area contributed by atoms with E-state index < -0.39 is 0 Å². The minimum absolute atomic E-state index is 0.0867. The van der Waals surface area contributed by atoms with Crippen LogP contribution in [0.4, 0.5) is 5.82 Å². The first-order chi connectivity index (χ1) is 12.6. The molecule has 0 saturated heterocycles. The van der Waals surface area contributed by atoms with Crippen LogP contribution in [0.15, 0.2) is 41.7 Å². The Morgan fingerprint density at radius 3 is 2.69 bits per heavy atom. The van der Waals surface area contributed by atoms with E-state index in [1.54, 1.807) is 10.9 Å². The fourth-order valence-corrected chi connectivity index (χ4v) is 3.82. The van der Waals surface area contributed by atoms with E-state index in [1.807, 2.05) is 31.2 Å². The minimum Gasteiger partial charge on any atom is -0.367 e. The third-order valence-electron chi connectivity index (χ3n) is 4.49. The van der Waals surface area contributed by atoms with Crippen LogP contribution in [0, 0.1) is 6.92 Å². The summed E-state index contributed by atoms with van der Waals surface area (Å²) in [6.07, 6.45) is 4.09. The Bertz CT molecular complexity index is 1150. The summed E-state index contributed by atoms with van der Waals surface area (Å²) in [4.78, 5) is 27.1. The predicted molar refractivity (Wildman–Crippen MR) is 106 cm³/mol. The Hall–Kier alpha value is -2.80. The number of benzene rings is 1. The van der Waals surface area contributed by atoms with Crippen molar-refractivity contribution < 1.29 is 0 Å². The molecule has 0 radical (unpaired) electrons. The van der Waals surface area contributed by atoms with Crippen molar-refractivity contribution in [2.24, 2.45) is 0 Å². The van der Waals surface area contributed by atoms with Crippen LogP contribution in [0.25, 0.3) is 26.1 Å². The van der Waals surface area contributed by atoms with E-state index in [-0.39, 0.29) is 11.6 Å². The second-order valence-corrected chi connectivity index (χ2v) is 7.39. The van der Waals surface area contributed by atoms with Crippen molar-refractivity contribution in [3.8, 4) is 5.69 Å². The fraction of sp³-hybridized carbons (Fsp3) is 0.263. The second-order valence-electron chi connectivity index (χ2n) is 6.39. The molecule has 0 aliphatic carbocycles. The van der Waals surface area contributed by atoms with Gasteiger partial charge in [0.05, 0.1) is 11.1 Å². The number of aromatic nitrogens is 4. The van der Waals surface area contributed by atoms with Gasteiger partial charge < -0.3 is 5.32 Å². The number of aryl methyl sites for hydroxylation is 1. The van der Waals surface area contributed by atoms with Crippen molar-refractivity contribution in [1.29, 1.82) is 0 Å². The van der Waals surface area contributed by atoms with Crippen molar-refractivity contribution >= 4 is 37.6 Å². The molecule has 0 saturated carbocycles. The lowest BCUT2D eigenvalue weighted by molar-refractivity contribution is 0.760. The first kappa shape index (κ1) is 16.7. The van der Waals surface area contributed by atoms with Gasteiger partial charge in [0, 0.05) is 6.04 Å². The molecule has 132 valence electrons. The van der Waals surface area contributed by atoms with Gasteiger partial charge in [0.15, 0.2) is 0 Å². The van der Waals surface area contributed by atoms with E-state index in [2.05, 4.69) is 34.1 Å². The SMILES string of the molecule is CCC(C)Nc1ncnc2sc3c(=O)n(-c4ccc(C)cc4)cnc3c12. The summed E-state index contributed by atoms with van der Waals surface area (Å²) in [5, 5.41) is 4.21. The van der Waals surface area contributed by atoms with E-state index in [4.69, 9.17) is 0 Å². The highest BCUT2D eigenvalue weighted by molar-refractivity contribution is 7.25. The van der Waals surface area contributed by atoms with Crippen molar-refractivity contribution in [2.75, 3.05) is 5.32 Å². The van der Waals surface area contributed by atoms with Crippen LogP contribution in [0.1, 0.15) is 25.8 Å². The highest BCUT2D eigenvalue weighted by Crippen LogP contribution is 2.33. The second kappa shape index (κ2) is 6.49. The van der Waals surface area contributed by atoms with Crippen molar-refractivity contribution in [1.82, 2.24) is 19.5 Å². The van der Waals surface area contributed by atoms with E-state index in [1.165, 1.54) is 17.7 Å². The van der Waals surface area contributed by atoms with Crippen LogP contribution < -0.4 is 10.9 Å². The maximum atomic E-state index is 13.0. The molecular formula is C19H19N5OS. The van der Waals surface area contributed by atoms with Crippen LogP contribution in [-0.2, 0) is 0 Å². The first-order valence-corrected chi connectivity index (χ1v) is 9.38. The molecule has 7 heteroatoms. The highest BCUT2D eigenvalue weighted by Gasteiger charge is 2.17. The molecule has 3 aromatic heterocycles. The van der Waals surface area contributed by atoms with Crippen LogP contribution in [-0.4, -0.2) is 25.6 Å². The summed E-state index contributed by atoms with van der Waals surface area (Å²) in [6.45, 7) is 6.23. The minimum atomic E-state index is -0.0867. The van der Waals surface area contributed by atoms with Crippen molar-refractivity contribution in [3.05, 3.63) is 52.8 Å². The Morgan fingerprint density at radius 1 is 1.19 bits per heavy atom. The molecule has 0 amide bonds. The summed E-state index contributed by atoms with van der Waals surface area (Å²) in [7, 11) is 0. The monoisotopic (exact) mass is 365 g/mol. The zero-order valence-electron chi connectivity index (χ0n) is 14.9. The Kier molecular flexibility index (Phi) is 4.16. The zero-order chi connectivity index (χ0) is 18.3. The summed E-state index contributed by atoms with van der Waals surface area (Å²) < 4.78 is 2.17. The standard InChI is InChI=1S/C19H19N5OS/c1-4-12(3)23-17-14-15-16(26-18(14)21-9-20-17)19(25)24(10-22-15)13-7-5-11(2)6-8-13/h5-10,12H,4H2,1-3H3,(H,20,21,23). The average molecular weight is 365 g/mol. The smallest absolute Gasteiger partial charge is 0.275 e. The quantitative estimate of drug-likeness (QED) is 0.594. The molecule has 4 rings (SSSR count). The van der Waals surface area contributed by atoms with Gasteiger partial charge in [-0.05, 0) is 32.4 Å². The summed E-state index contributed by atoms with van der Waals surface area (Å²) in [6, 6.07) is 8.09. The predicted octanol–water partition coefficient (Wildman–Crippen LogP) is 3.91. The molecule has 4 aromatic rings. The lowest BCUT2D eigenvalue weighted by Crippen LogP contribution is -2.18. The molecule has 0 bridgehead atoms. The van der Waals surface area contributed by atoms with Gasteiger partial charge in [-0.15, -0.1) is 11.3 Å². The van der Waals surface area contributed by atoms with Gasteiger partial charge in [-0.2, -0.15) is 0 Å². The van der Waals surface area contributed by atoms with Gasteiger partial charge in [-0.3, -0.25) is 9.36 Å². The van der Waals surface area contributed by atoms with E-state index in [0.717, 1.165) is 33.7 Å². The number of thiophene rings is 1. The summed E-state index contributed by atoms with van der Waals surface area (Å²) >= 11 is 1.36. The Labute approximate surface area is 154 Å². The number of fused-ring (bicyclic) bond motifs is 3. The van der Waals surface area contributed by atoms with E-state index in [9.17, 15) is 4.79 Å². The van der Waals surface area contributed by atoms with Gasteiger partial charge in [0.1, 0.15) is 33.5 Å². The first-order valence-electron chi connectivity index (χ1n) is 8.57. The molecule has 1 N–H and O–H groups in total. The molecule has 0 spiro atoms. The third-order valence-corrected chi connectivity index (χ3v) is 5.56. The average Bonchev–Trinajstić information content (AvgIpc) is 3.03. The Balaban J connectivity index is 1.94. The number of hydrogen-bond donors (Lipinski definition) is 1. The lowest BCUT2D eigenvalue weighted by Gasteiger charge is -2.12. The maximum Gasteiger partial charge on any atom is 0.275 e. The maximum absolute atomic E-state index is 13.0. The lowest BCUT2D eigenvalue weighted by atomic mass is 10.2. The van der Waals surface area contributed by atoms with Gasteiger partial charge >= 0.3 is 0 Å². The number of rotatable bonds is 4. The van der Waals surface area contributed by atoms with Gasteiger partial charge in [-0.25, -0.2) is 15.0 Å². The summed E-state index contributed by atoms with van der Waals surface area (Å²) in [5.41, 5.74) is 2.52. The molecule has 3 heterocycles. The highest BCUT2D eigenvalue weighted by atomic mass is 32.1. The van der Waals surface area contributed by atoms with Crippen molar-refractivity contribution in [3.63, 3.8) is 0 Å². The molecule has 1 unspecified atom stereocenters. The van der Waals surface area contributed by atoms with Gasteiger partial charge in [0.2, 0.25) is 0 Å². The zero-order valence-corrected chi connectivity index (χ0v) is 15.7. The molecule has 0 aliphatic heterocycles. The number of nitrogens with one attached hydrogen (secondary N) is 1. The molecule has 0 fully saturated rings. The third kappa shape index (κ3) is 2.74. The van der Waals surface area contributed by atoms with Crippen LogP contribution >= 0.6 is 11.3 Å². The van der Waals surface area contributed by atoms with Crippen LogP contribution in [0.3, 0.4) is 0 Å². The number of anilines is 1. The van der Waals surface area contributed by atoms with Crippen molar-refractivity contribution in [2.45, 2.75) is 33.2 Å². The van der Waals surface area contributed by atoms with E-state index in [0.29, 0.717) is 10.2 Å². The normalized spacial score (nSPS) is 12.6. The molecule has 1 atom stereocenters. The molecule has 26 heavy (non-hydrogen) atoms. The van der Waals surface area contributed by atoms with E-state index >= 15 is 0 Å². The number of hydrogen-bond acceptors (Lipinski definition) is 6. The van der Waals surface area contributed by atoms with Gasteiger partial charge in [-0.1, -0.05) is 24.6 Å². The molecule has 1 aromatic carbocycles. The van der Waals surface area contributed by atoms with Crippen LogP contribution in [0.5, 0.6) is 0 Å². The number of nitrogens with zero attached hydrogens (tertiary/aromatic N) is 4. The molecule has 0 aliphatic rings. The summed E-state index contributed by atoms with van der Waals surface area (Å²) in [5.74, 6) is 0.732. The largest absolute Gasteiger partial charge is 0.367 e. The van der Waals surface area contributed by atoms with Crippen LogP contribution in [0.2, 0.25) is 0 Å². The topological polar surface area (TPSA) is 72.7 Å².